The van der Waals surface area contributed by atoms with Gasteiger partial charge in [0.1, 0.15) is 0 Å². The van der Waals surface area contributed by atoms with Crippen LogP contribution in [0.25, 0.3) is 0 Å². The van der Waals surface area contributed by atoms with Crippen LogP contribution in [0.1, 0.15) is 22.8 Å². The Bertz CT molecular complexity index is 1110. The molecule has 0 radical (unpaired) electrons. The molecule has 0 spiro atoms. The summed E-state index contributed by atoms with van der Waals surface area (Å²) in [5.74, 6) is 0.152. The van der Waals surface area contributed by atoms with E-state index in [9.17, 15) is 9.59 Å². The monoisotopic (exact) mass is 452 g/mol. The highest BCUT2D eigenvalue weighted by Crippen LogP contribution is 2.28. The summed E-state index contributed by atoms with van der Waals surface area (Å²) in [6.45, 7) is 2.04. The Morgan fingerprint density at radius 1 is 1.09 bits per heavy atom. The Morgan fingerprint density at radius 3 is 2.72 bits per heavy atom. The van der Waals surface area contributed by atoms with Crippen LogP contribution in [-0.4, -0.2) is 36.2 Å². The number of rotatable bonds is 9. The van der Waals surface area contributed by atoms with Crippen LogP contribution in [0.15, 0.2) is 72.1 Å². The lowest BCUT2D eigenvalue weighted by atomic mass is 10.2. The molecule has 9 heteroatoms. The van der Waals surface area contributed by atoms with Gasteiger partial charge in [0.15, 0.2) is 18.1 Å². The second-order valence-corrected chi connectivity index (χ2v) is 6.86. The van der Waals surface area contributed by atoms with Gasteiger partial charge in [-0.3, -0.25) is 14.6 Å². The van der Waals surface area contributed by atoms with Crippen molar-refractivity contribution in [3.05, 3.63) is 83.1 Å². The number of hydrazone groups is 1. The number of halogens is 1. The Labute approximate surface area is 190 Å². The van der Waals surface area contributed by atoms with Crippen LogP contribution >= 0.6 is 11.6 Å². The third kappa shape index (κ3) is 6.82. The second-order valence-electron chi connectivity index (χ2n) is 6.43. The number of pyridine rings is 1. The third-order valence-electron chi connectivity index (χ3n) is 4.04. The highest BCUT2D eigenvalue weighted by molar-refractivity contribution is 6.30. The summed E-state index contributed by atoms with van der Waals surface area (Å²) in [7, 11) is 0. The van der Waals surface area contributed by atoms with E-state index < -0.39 is 0 Å². The van der Waals surface area contributed by atoms with Crippen molar-refractivity contribution < 1.29 is 19.1 Å². The van der Waals surface area contributed by atoms with Gasteiger partial charge in [-0.1, -0.05) is 17.7 Å². The van der Waals surface area contributed by atoms with E-state index in [2.05, 4.69) is 20.8 Å². The first-order valence-electron chi connectivity index (χ1n) is 9.73. The first-order chi connectivity index (χ1) is 15.5. The number of nitrogens with zero attached hydrogens (tertiary/aromatic N) is 2. The average Bonchev–Trinajstić information content (AvgIpc) is 2.79. The average molecular weight is 453 g/mol. The van der Waals surface area contributed by atoms with Crippen LogP contribution in [0.5, 0.6) is 11.5 Å². The number of amides is 2. The minimum Gasteiger partial charge on any atom is -0.490 e. The zero-order valence-corrected chi connectivity index (χ0v) is 18.0. The Balaban J connectivity index is 1.59. The first kappa shape index (κ1) is 22.8. The molecule has 0 aliphatic carbocycles. The molecular weight excluding hydrogens is 432 g/mol. The van der Waals surface area contributed by atoms with Gasteiger partial charge in [-0.15, -0.1) is 0 Å². The maximum atomic E-state index is 12.2. The zero-order chi connectivity index (χ0) is 22.8. The van der Waals surface area contributed by atoms with Gasteiger partial charge in [0.2, 0.25) is 0 Å². The van der Waals surface area contributed by atoms with Gasteiger partial charge < -0.3 is 14.8 Å². The number of aromatic nitrogens is 1. The van der Waals surface area contributed by atoms with Crippen LogP contribution in [-0.2, 0) is 4.79 Å². The van der Waals surface area contributed by atoms with Crippen molar-refractivity contribution >= 4 is 35.3 Å². The number of benzene rings is 2. The van der Waals surface area contributed by atoms with E-state index in [-0.39, 0.29) is 18.4 Å². The number of carbonyl (C=O) groups is 2. The van der Waals surface area contributed by atoms with E-state index >= 15 is 0 Å². The number of ether oxygens (including phenoxy) is 2. The van der Waals surface area contributed by atoms with Crippen LogP contribution in [0.2, 0.25) is 5.02 Å². The van der Waals surface area contributed by atoms with Gasteiger partial charge >= 0.3 is 0 Å². The predicted molar refractivity (Wildman–Crippen MR) is 122 cm³/mol. The van der Waals surface area contributed by atoms with Crippen LogP contribution < -0.4 is 20.2 Å². The first-order valence-corrected chi connectivity index (χ1v) is 10.1. The highest BCUT2D eigenvalue weighted by atomic mass is 35.5. The van der Waals surface area contributed by atoms with Crippen molar-refractivity contribution in [3.63, 3.8) is 0 Å². The molecule has 0 saturated carbocycles. The van der Waals surface area contributed by atoms with E-state index in [4.69, 9.17) is 21.1 Å². The van der Waals surface area contributed by atoms with E-state index in [0.29, 0.717) is 39.9 Å². The summed E-state index contributed by atoms with van der Waals surface area (Å²) in [4.78, 5) is 28.1. The molecule has 0 fully saturated rings. The lowest BCUT2D eigenvalue weighted by molar-refractivity contribution is -0.118. The SMILES string of the molecule is CCOc1cc(C=NNC(=O)c2cccnc2)ccc1OCC(=O)Nc1cccc(Cl)c1. The van der Waals surface area contributed by atoms with Crippen molar-refractivity contribution in [2.24, 2.45) is 5.10 Å². The predicted octanol–water partition coefficient (Wildman–Crippen LogP) is 3.92. The van der Waals surface area contributed by atoms with Crippen LogP contribution in [0, 0.1) is 0 Å². The molecule has 1 heterocycles. The maximum absolute atomic E-state index is 12.2. The summed E-state index contributed by atoms with van der Waals surface area (Å²) < 4.78 is 11.2. The van der Waals surface area contributed by atoms with Crippen molar-refractivity contribution in [1.29, 1.82) is 0 Å². The second kappa shape index (κ2) is 11.5. The molecule has 164 valence electrons. The molecule has 0 unspecified atom stereocenters. The molecule has 32 heavy (non-hydrogen) atoms. The lowest BCUT2D eigenvalue weighted by Crippen LogP contribution is -2.20. The van der Waals surface area contributed by atoms with Crippen molar-refractivity contribution in [2.45, 2.75) is 6.92 Å². The fourth-order valence-electron chi connectivity index (χ4n) is 2.63. The summed E-state index contributed by atoms with van der Waals surface area (Å²) in [5, 5.41) is 7.19. The van der Waals surface area contributed by atoms with Gasteiger partial charge in [-0.05, 0) is 61.0 Å². The molecule has 0 aliphatic rings. The Morgan fingerprint density at radius 2 is 1.97 bits per heavy atom. The molecule has 8 nitrogen and oxygen atoms in total. The van der Waals surface area contributed by atoms with Crippen molar-refractivity contribution in [2.75, 3.05) is 18.5 Å². The molecule has 0 aliphatic heterocycles. The molecule has 0 saturated heterocycles. The number of nitrogens with one attached hydrogen (secondary N) is 2. The normalized spacial score (nSPS) is 10.6. The third-order valence-corrected chi connectivity index (χ3v) is 4.27. The largest absolute Gasteiger partial charge is 0.490 e. The molecule has 0 atom stereocenters. The summed E-state index contributed by atoms with van der Waals surface area (Å²) in [5.41, 5.74) is 4.10. The molecule has 0 bridgehead atoms. The molecule has 2 amide bonds. The van der Waals surface area contributed by atoms with Gasteiger partial charge in [0, 0.05) is 23.1 Å². The summed E-state index contributed by atoms with van der Waals surface area (Å²) in [6, 6.07) is 15.2. The van der Waals surface area contributed by atoms with E-state index in [0.717, 1.165) is 0 Å². The van der Waals surface area contributed by atoms with Gasteiger partial charge in [-0.2, -0.15) is 5.10 Å². The number of hydrogen-bond donors (Lipinski definition) is 2. The molecule has 1 aromatic heterocycles. The van der Waals surface area contributed by atoms with Gasteiger partial charge in [-0.25, -0.2) is 5.43 Å². The maximum Gasteiger partial charge on any atom is 0.272 e. The standard InChI is InChI=1S/C23H21ClN4O4/c1-2-31-21-11-16(13-26-28-23(30)17-5-4-10-25-14-17)8-9-20(21)32-15-22(29)27-19-7-3-6-18(24)12-19/h3-14H,2,15H2,1H3,(H,27,29)(H,28,30). The molecule has 3 aromatic rings. The molecule has 3 rings (SSSR count). The minimum atomic E-state index is -0.370. The minimum absolute atomic E-state index is 0.207. The van der Waals surface area contributed by atoms with E-state index in [1.807, 2.05) is 6.92 Å². The van der Waals surface area contributed by atoms with Crippen molar-refractivity contribution in [3.8, 4) is 11.5 Å². The quantitative estimate of drug-likeness (QED) is 0.378. The fraction of sp³-hybridized carbons (Fsp3) is 0.130. The lowest BCUT2D eigenvalue weighted by Gasteiger charge is -2.12. The molecule has 2 aromatic carbocycles. The highest BCUT2D eigenvalue weighted by Gasteiger charge is 2.10. The molecular formula is C23H21ClN4O4. The molecule has 2 N–H and O–H groups in total. The van der Waals surface area contributed by atoms with Crippen molar-refractivity contribution in [1.82, 2.24) is 10.4 Å². The van der Waals surface area contributed by atoms with E-state index in [1.165, 1.54) is 12.4 Å². The Kier molecular flexibility index (Phi) is 8.16. The topological polar surface area (TPSA) is 102 Å². The fourth-order valence-corrected chi connectivity index (χ4v) is 2.82. The van der Waals surface area contributed by atoms with Gasteiger partial charge in [0.05, 0.1) is 18.4 Å². The zero-order valence-electron chi connectivity index (χ0n) is 17.2. The number of hydrogen-bond acceptors (Lipinski definition) is 6. The number of carbonyl (C=O) groups excluding carboxylic acids is 2. The van der Waals surface area contributed by atoms with Crippen LogP contribution in [0.3, 0.4) is 0 Å². The van der Waals surface area contributed by atoms with E-state index in [1.54, 1.807) is 60.8 Å². The van der Waals surface area contributed by atoms with Gasteiger partial charge in [0.25, 0.3) is 11.8 Å². The smallest absolute Gasteiger partial charge is 0.272 e. The Hall–Kier alpha value is -3.91. The summed E-state index contributed by atoms with van der Waals surface area (Å²) in [6.07, 6.45) is 4.51. The number of anilines is 1. The summed E-state index contributed by atoms with van der Waals surface area (Å²) >= 11 is 5.92. The van der Waals surface area contributed by atoms with Crippen LogP contribution in [0.4, 0.5) is 5.69 Å².